The number of hydrogen-bond acceptors (Lipinski definition) is 11. The van der Waals surface area contributed by atoms with E-state index in [9.17, 15) is 45.4 Å². The number of anilines is 1. The average molecular weight is 655 g/mol. The molecule has 0 radical (unpaired) electrons. The Morgan fingerprint density at radius 3 is 1.93 bits per heavy atom. The molecular weight excluding hydrogens is 620 g/mol. The molecule has 42 heavy (non-hydrogen) atoms. The third kappa shape index (κ3) is 15.0. The van der Waals surface area contributed by atoms with E-state index in [0.717, 1.165) is 5.69 Å². The van der Waals surface area contributed by atoms with E-state index in [0.29, 0.717) is 24.3 Å². The molecule has 0 bridgehead atoms. The summed E-state index contributed by atoms with van der Waals surface area (Å²) in [5.41, 5.74) is 6.57. The summed E-state index contributed by atoms with van der Waals surface area (Å²) in [6.07, 6.45) is 0.494. The van der Waals surface area contributed by atoms with E-state index in [1.807, 2.05) is 5.32 Å². The van der Waals surface area contributed by atoms with Gasteiger partial charge in [0, 0.05) is 30.1 Å². The lowest BCUT2D eigenvalue weighted by Crippen LogP contribution is -2.58. The second-order valence-corrected chi connectivity index (χ2v) is 12.3. The van der Waals surface area contributed by atoms with Crippen LogP contribution in [0.5, 0.6) is 0 Å². The van der Waals surface area contributed by atoms with Gasteiger partial charge in [-0.1, -0.05) is 0 Å². The predicted molar refractivity (Wildman–Crippen MR) is 154 cm³/mol. The third-order valence-corrected chi connectivity index (χ3v) is 7.16. The Morgan fingerprint density at radius 2 is 1.40 bits per heavy atom. The number of nitrogens with two attached hydrogens (primary N) is 1. The smallest absolute Gasteiger partial charge is 0.267 e. The molecular formula is C22H34N6O11S3. The van der Waals surface area contributed by atoms with Gasteiger partial charge in [-0.05, 0) is 43.5 Å². The van der Waals surface area contributed by atoms with Gasteiger partial charge in [-0.3, -0.25) is 33.1 Å². The Labute approximate surface area is 248 Å². The van der Waals surface area contributed by atoms with E-state index in [4.69, 9.17) is 10.3 Å². The van der Waals surface area contributed by atoms with Gasteiger partial charge in [0.2, 0.25) is 24.1 Å². The van der Waals surface area contributed by atoms with Crippen molar-refractivity contribution in [3.05, 3.63) is 29.8 Å². The minimum Gasteiger partial charge on any atom is -0.384 e. The van der Waals surface area contributed by atoms with Crippen molar-refractivity contribution in [2.45, 2.75) is 37.4 Å². The van der Waals surface area contributed by atoms with Gasteiger partial charge in [0.25, 0.3) is 26.1 Å². The van der Waals surface area contributed by atoms with E-state index >= 15 is 0 Å². The maximum Gasteiger partial charge on any atom is 0.267 e. The van der Waals surface area contributed by atoms with Gasteiger partial charge in [-0.25, -0.2) is 0 Å². The molecule has 3 atom stereocenters. The zero-order valence-corrected chi connectivity index (χ0v) is 24.7. The molecule has 0 saturated carbocycles. The van der Waals surface area contributed by atoms with Crippen LogP contribution < -0.4 is 32.3 Å². The van der Waals surface area contributed by atoms with Crippen LogP contribution in [-0.2, 0) is 39.4 Å². The first-order valence-electron chi connectivity index (χ1n) is 12.3. The monoisotopic (exact) mass is 654 g/mol. The van der Waals surface area contributed by atoms with E-state index in [1.165, 1.54) is 0 Å². The van der Waals surface area contributed by atoms with Crippen molar-refractivity contribution in [2.75, 3.05) is 35.7 Å². The van der Waals surface area contributed by atoms with Gasteiger partial charge < -0.3 is 32.3 Å². The Kier molecular flexibility index (Phi) is 15.2. The molecule has 0 aliphatic heterocycles. The second-order valence-electron chi connectivity index (χ2n) is 8.84. The molecule has 0 saturated heterocycles. The zero-order valence-electron chi connectivity index (χ0n) is 22.2. The highest BCUT2D eigenvalue weighted by Crippen LogP contribution is 2.10. The van der Waals surface area contributed by atoms with Crippen LogP contribution in [0.2, 0.25) is 0 Å². The van der Waals surface area contributed by atoms with Crippen molar-refractivity contribution in [1.29, 1.82) is 0 Å². The summed E-state index contributed by atoms with van der Waals surface area (Å²) in [6.45, 7) is 0.867. The van der Waals surface area contributed by atoms with Gasteiger partial charge in [-0.2, -0.15) is 29.5 Å². The Hall–Kier alpha value is -3.46. The first kappa shape index (κ1) is 36.6. The normalized spacial score (nSPS) is 13.6. The van der Waals surface area contributed by atoms with E-state index in [-0.39, 0.29) is 31.7 Å². The lowest BCUT2D eigenvalue weighted by atomic mass is 10.1. The highest BCUT2D eigenvalue weighted by molar-refractivity contribution is 7.86. The molecule has 0 fully saturated rings. The molecule has 0 aliphatic carbocycles. The Morgan fingerprint density at radius 1 is 0.857 bits per heavy atom. The van der Waals surface area contributed by atoms with Crippen LogP contribution >= 0.6 is 12.6 Å². The Balaban J connectivity index is 2.74. The molecule has 0 heterocycles. The average Bonchev–Trinajstić information content (AvgIpc) is 2.88. The van der Waals surface area contributed by atoms with Crippen molar-refractivity contribution < 1.29 is 49.9 Å². The van der Waals surface area contributed by atoms with Crippen molar-refractivity contribution in [3.63, 3.8) is 0 Å². The topological polar surface area (TPSA) is 280 Å². The fraction of sp³-hybridized carbons (Fsp3) is 0.500. The molecule has 20 heteroatoms. The van der Waals surface area contributed by atoms with Gasteiger partial charge in [0.1, 0.15) is 29.6 Å². The number of hydrogen-bond donors (Lipinski definition) is 9. The van der Waals surface area contributed by atoms with Crippen LogP contribution in [0.1, 0.15) is 29.6 Å². The first-order valence-corrected chi connectivity index (χ1v) is 16.1. The molecule has 1 aromatic carbocycles. The summed E-state index contributed by atoms with van der Waals surface area (Å²) in [7, 11) is -9.70. The summed E-state index contributed by atoms with van der Waals surface area (Å²) >= 11 is 4.10. The van der Waals surface area contributed by atoms with Crippen molar-refractivity contribution in [2.24, 2.45) is 5.73 Å². The lowest BCUT2D eigenvalue weighted by molar-refractivity contribution is -0.131. The number of carbonyl (C=O) groups excluding carboxylic acids is 5. The minimum absolute atomic E-state index is 0.0485. The van der Waals surface area contributed by atoms with Crippen LogP contribution in [0.15, 0.2) is 24.3 Å². The van der Waals surface area contributed by atoms with Crippen molar-refractivity contribution in [3.8, 4) is 0 Å². The van der Waals surface area contributed by atoms with Gasteiger partial charge in [-0.15, -0.1) is 0 Å². The van der Waals surface area contributed by atoms with E-state index < -0.39 is 67.6 Å². The summed E-state index contributed by atoms with van der Waals surface area (Å²) in [6, 6.07) is 1.42. The Bertz CT molecular complexity index is 1310. The number of benzene rings is 1. The molecule has 1 rings (SSSR count). The van der Waals surface area contributed by atoms with Crippen molar-refractivity contribution >= 4 is 68.6 Å². The third-order valence-electron chi connectivity index (χ3n) is 5.43. The number of rotatable bonds is 20. The van der Waals surface area contributed by atoms with E-state index in [1.54, 1.807) is 29.6 Å². The lowest BCUT2D eigenvalue weighted by Gasteiger charge is -2.23. The highest BCUT2D eigenvalue weighted by atomic mass is 32.2. The standard InChI is InChI=1S/C22H34N6O11S3/c23-19(30)16(3-1-2-8-25-20(31)14-4-6-15(7-5-14)24-9-10-40)27-22(33)18(12-42(37,38)39)28-21(32)17(26-13-29)11-41(34,35)36/h4-7,13,16-18,24,40H,1-3,8-12H2,(H2,23,30)(H,25,31)(H,26,29)(H,27,33)(H,28,32)(H,34,35,36)(H,37,38,39)/t16-,17+,18+/m1/s1. The quantitative estimate of drug-likeness (QED) is 0.0300. The van der Waals surface area contributed by atoms with Crippen molar-refractivity contribution in [1.82, 2.24) is 21.3 Å². The zero-order chi connectivity index (χ0) is 31.9. The maximum atomic E-state index is 12.7. The fourth-order valence-corrected chi connectivity index (χ4v) is 4.87. The number of nitrogens with one attached hydrogen (secondary N) is 5. The van der Waals surface area contributed by atoms with Gasteiger partial charge >= 0.3 is 0 Å². The number of unbranched alkanes of at least 4 members (excludes halogenated alkanes) is 1. The van der Waals surface area contributed by atoms with E-state index in [2.05, 4.69) is 28.6 Å². The SMILES string of the molecule is NC(=O)[C@@H](CCCCNC(=O)c1ccc(NCCS)cc1)NC(=O)[C@H](CS(=O)(=O)O)NC(=O)[C@H](CS(=O)(=O)O)NC=O. The molecule has 0 aromatic heterocycles. The molecule has 236 valence electrons. The second kappa shape index (κ2) is 17.5. The van der Waals surface area contributed by atoms with Crippen LogP contribution in [0, 0.1) is 0 Å². The fourth-order valence-electron chi connectivity index (χ4n) is 3.43. The van der Waals surface area contributed by atoms with Gasteiger partial charge in [0.15, 0.2) is 0 Å². The van der Waals surface area contributed by atoms with Crippen LogP contribution in [0.25, 0.3) is 0 Å². The summed E-state index contributed by atoms with van der Waals surface area (Å²) in [5.74, 6) is -6.06. The molecule has 0 aliphatic rings. The number of primary amides is 1. The van der Waals surface area contributed by atoms with Crippen LogP contribution in [0.3, 0.4) is 0 Å². The molecule has 0 unspecified atom stereocenters. The highest BCUT2D eigenvalue weighted by Gasteiger charge is 2.32. The molecule has 9 N–H and O–H groups in total. The molecule has 1 aromatic rings. The summed E-state index contributed by atoms with van der Waals surface area (Å²) in [4.78, 5) is 60.0. The number of amides is 5. The molecule has 5 amide bonds. The summed E-state index contributed by atoms with van der Waals surface area (Å²) in [5, 5.41) is 11.6. The minimum atomic E-state index is -4.90. The summed E-state index contributed by atoms with van der Waals surface area (Å²) < 4.78 is 63.2. The number of thiol groups is 1. The predicted octanol–water partition coefficient (Wildman–Crippen LogP) is -2.73. The maximum absolute atomic E-state index is 12.7. The van der Waals surface area contributed by atoms with Gasteiger partial charge in [0.05, 0.1) is 0 Å². The molecule has 17 nitrogen and oxygen atoms in total. The first-order chi connectivity index (χ1) is 19.6. The van der Waals surface area contributed by atoms with Crippen LogP contribution in [-0.4, -0.2) is 104 Å². The van der Waals surface area contributed by atoms with Crippen LogP contribution in [0.4, 0.5) is 5.69 Å². The largest absolute Gasteiger partial charge is 0.384 e. The molecule has 0 spiro atoms. The number of carbonyl (C=O) groups is 5.